The average Bonchev–Trinajstić information content (AvgIpc) is 2.41. The molecule has 0 aliphatic rings. The second kappa shape index (κ2) is 9.43. The van der Waals surface area contributed by atoms with Gasteiger partial charge in [0.1, 0.15) is 12.4 Å². The number of terminal acetylenes is 1. The highest BCUT2D eigenvalue weighted by atomic mass is 16.5. The number of ether oxygens (including phenoxy) is 1. The lowest BCUT2D eigenvalue weighted by Crippen LogP contribution is -2.29. The molecule has 19 heavy (non-hydrogen) atoms. The highest BCUT2D eigenvalue weighted by Crippen LogP contribution is 2.12. The molecule has 3 heteroatoms. The summed E-state index contributed by atoms with van der Waals surface area (Å²) >= 11 is 0. The second-order valence-corrected chi connectivity index (χ2v) is 4.50. The predicted octanol–water partition coefficient (Wildman–Crippen LogP) is 2.13. The molecule has 0 fully saturated rings. The summed E-state index contributed by atoms with van der Waals surface area (Å²) in [5, 5.41) is 3.12. The molecule has 0 aliphatic heterocycles. The number of rotatable bonds is 9. The molecule has 0 aromatic heterocycles. The van der Waals surface area contributed by atoms with Gasteiger partial charge in [-0.1, -0.05) is 25.0 Å². The van der Waals surface area contributed by atoms with Crippen molar-refractivity contribution in [2.24, 2.45) is 0 Å². The molecule has 0 aliphatic carbocycles. The van der Waals surface area contributed by atoms with E-state index in [1.54, 1.807) is 0 Å². The van der Waals surface area contributed by atoms with Crippen LogP contribution in [-0.4, -0.2) is 38.2 Å². The molecule has 3 nitrogen and oxygen atoms in total. The summed E-state index contributed by atoms with van der Waals surface area (Å²) in [6.07, 6.45) is 6.46. The first-order chi connectivity index (χ1) is 9.30. The minimum absolute atomic E-state index is 0.674. The van der Waals surface area contributed by atoms with Crippen molar-refractivity contribution in [3.63, 3.8) is 0 Å². The molecule has 1 N–H and O–H groups in total. The number of hydrogen-bond donors (Lipinski definition) is 1. The van der Waals surface area contributed by atoms with E-state index in [1.165, 1.54) is 5.56 Å². The Labute approximate surface area is 117 Å². The van der Waals surface area contributed by atoms with E-state index in [2.05, 4.69) is 35.2 Å². The third-order valence-electron chi connectivity index (χ3n) is 2.84. The van der Waals surface area contributed by atoms with E-state index >= 15 is 0 Å². The zero-order valence-electron chi connectivity index (χ0n) is 12.0. The van der Waals surface area contributed by atoms with Crippen molar-refractivity contribution in [3.8, 4) is 18.1 Å². The fourth-order valence-corrected chi connectivity index (χ4v) is 1.92. The van der Waals surface area contributed by atoms with Crippen molar-refractivity contribution in [2.45, 2.75) is 19.9 Å². The first kappa shape index (κ1) is 15.6. The fraction of sp³-hybridized carbons (Fsp3) is 0.500. The van der Waals surface area contributed by atoms with Gasteiger partial charge < -0.3 is 10.1 Å². The third-order valence-corrected chi connectivity index (χ3v) is 2.84. The summed E-state index contributed by atoms with van der Waals surface area (Å²) in [4.78, 5) is 2.23. The first-order valence-corrected chi connectivity index (χ1v) is 6.82. The molecule has 0 radical (unpaired) electrons. The summed E-state index contributed by atoms with van der Waals surface area (Å²) in [5.74, 6) is 3.60. The number of hydrogen-bond acceptors (Lipinski definition) is 3. The third kappa shape index (κ3) is 6.28. The fourth-order valence-electron chi connectivity index (χ4n) is 1.92. The van der Waals surface area contributed by atoms with Crippen molar-refractivity contribution in [2.75, 3.05) is 33.3 Å². The Hall–Kier alpha value is -1.50. The summed E-state index contributed by atoms with van der Waals surface area (Å²) in [6, 6.07) is 8.18. The highest BCUT2D eigenvalue weighted by Gasteiger charge is 2.02. The zero-order valence-corrected chi connectivity index (χ0v) is 12.0. The van der Waals surface area contributed by atoms with Crippen LogP contribution in [0.3, 0.4) is 0 Å². The summed E-state index contributed by atoms with van der Waals surface area (Å²) in [5.41, 5.74) is 1.26. The predicted molar refractivity (Wildman–Crippen MR) is 80.3 cm³/mol. The quantitative estimate of drug-likeness (QED) is 0.688. The lowest BCUT2D eigenvalue weighted by molar-refractivity contribution is 0.225. The van der Waals surface area contributed by atoms with Gasteiger partial charge in [0.05, 0.1) is 6.54 Å². The van der Waals surface area contributed by atoms with Gasteiger partial charge in [-0.2, -0.15) is 0 Å². The summed E-state index contributed by atoms with van der Waals surface area (Å²) in [6.45, 7) is 6.30. The van der Waals surface area contributed by atoms with Crippen molar-refractivity contribution < 1.29 is 4.74 Å². The van der Waals surface area contributed by atoms with Gasteiger partial charge in [-0.25, -0.2) is 0 Å². The van der Waals surface area contributed by atoms with Crippen LogP contribution in [0, 0.1) is 12.3 Å². The molecule has 0 saturated heterocycles. The first-order valence-electron chi connectivity index (χ1n) is 6.82. The monoisotopic (exact) mass is 260 g/mol. The molecule has 104 valence electrons. The molecule has 0 saturated carbocycles. The van der Waals surface area contributed by atoms with Crippen LogP contribution in [-0.2, 0) is 6.54 Å². The smallest absolute Gasteiger partial charge is 0.119 e. The van der Waals surface area contributed by atoms with Crippen LogP contribution in [0.2, 0.25) is 0 Å². The van der Waals surface area contributed by atoms with Crippen LogP contribution in [0.25, 0.3) is 0 Å². The van der Waals surface area contributed by atoms with Crippen LogP contribution >= 0.6 is 0 Å². The average molecular weight is 260 g/mol. The maximum Gasteiger partial charge on any atom is 0.119 e. The van der Waals surface area contributed by atoms with Gasteiger partial charge in [-0.3, -0.25) is 4.90 Å². The normalized spacial score (nSPS) is 10.4. The second-order valence-electron chi connectivity index (χ2n) is 4.50. The maximum absolute atomic E-state index is 5.73. The van der Waals surface area contributed by atoms with Crippen LogP contribution in [0.5, 0.6) is 5.75 Å². The Bertz CT molecular complexity index is 381. The van der Waals surface area contributed by atoms with E-state index in [1.807, 2.05) is 19.2 Å². The molecule has 0 amide bonds. The Morgan fingerprint density at radius 2 is 2.00 bits per heavy atom. The maximum atomic E-state index is 5.73. The molecule has 0 bridgehead atoms. The molecule has 0 atom stereocenters. The Morgan fingerprint density at radius 3 is 2.58 bits per heavy atom. The topological polar surface area (TPSA) is 24.5 Å². The van der Waals surface area contributed by atoms with Crippen molar-refractivity contribution in [3.05, 3.63) is 29.8 Å². The van der Waals surface area contributed by atoms with Crippen molar-refractivity contribution in [1.29, 1.82) is 0 Å². The van der Waals surface area contributed by atoms with Crippen LogP contribution in [0.15, 0.2) is 24.3 Å². The number of nitrogens with zero attached hydrogens (tertiary/aromatic N) is 1. The SMILES string of the molecule is C#CCN(CCC)CCOc1ccc(CNC)cc1. The van der Waals surface area contributed by atoms with Crippen LogP contribution in [0.4, 0.5) is 0 Å². The van der Waals surface area contributed by atoms with E-state index < -0.39 is 0 Å². The van der Waals surface area contributed by atoms with Crippen molar-refractivity contribution in [1.82, 2.24) is 10.2 Å². The molecular weight excluding hydrogens is 236 g/mol. The lowest BCUT2D eigenvalue weighted by atomic mass is 10.2. The van der Waals surface area contributed by atoms with E-state index in [9.17, 15) is 0 Å². The Kier molecular flexibility index (Phi) is 7.72. The molecule has 1 aromatic carbocycles. The van der Waals surface area contributed by atoms with Crippen LogP contribution in [0.1, 0.15) is 18.9 Å². The van der Waals surface area contributed by atoms with E-state index in [4.69, 9.17) is 11.2 Å². The minimum atomic E-state index is 0.674. The molecule has 0 spiro atoms. The largest absolute Gasteiger partial charge is 0.492 e. The van der Waals surface area contributed by atoms with Gasteiger partial charge in [0.2, 0.25) is 0 Å². The summed E-state index contributed by atoms with van der Waals surface area (Å²) in [7, 11) is 1.94. The lowest BCUT2D eigenvalue weighted by Gasteiger charge is -2.18. The van der Waals surface area contributed by atoms with E-state index in [-0.39, 0.29) is 0 Å². The minimum Gasteiger partial charge on any atom is -0.492 e. The molecule has 0 unspecified atom stereocenters. The van der Waals surface area contributed by atoms with Gasteiger partial charge in [-0.15, -0.1) is 6.42 Å². The van der Waals surface area contributed by atoms with Gasteiger partial charge in [0.25, 0.3) is 0 Å². The standard InChI is InChI=1S/C16H24N2O/c1-4-10-18(11-5-2)12-13-19-16-8-6-15(7-9-16)14-17-3/h1,6-9,17H,5,10-14H2,2-3H3. The van der Waals surface area contributed by atoms with E-state index in [0.29, 0.717) is 13.2 Å². The van der Waals surface area contributed by atoms with Crippen LogP contribution < -0.4 is 10.1 Å². The zero-order chi connectivity index (χ0) is 13.9. The van der Waals surface area contributed by atoms with Gasteiger partial charge in [0, 0.05) is 13.1 Å². The Balaban J connectivity index is 2.33. The highest BCUT2D eigenvalue weighted by molar-refractivity contribution is 5.27. The Morgan fingerprint density at radius 1 is 1.26 bits per heavy atom. The number of benzene rings is 1. The molecular formula is C16H24N2O. The van der Waals surface area contributed by atoms with Crippen molar-refractivity contribution >= 4 is 0 Å². The molecule has 1 rings (SSSR count). The van der Waals surface area contributed by atoms with Gasteiger partial charge in [0.15, 0.2) is 0 Å². The number of nitrogens with one attached hydrogen (secondary N) is 1. The van der Waals surface area contributed by atoms with Gasteiger partial charge >= 0.3 is 0 Å². The summed E-state index contributed by atoms with van der Waals surface area (Å²) < 4.78 is 5.73. The molecule has 0 heterocycles. The van der Waals surface area contributed by atoms with E-state index in [0.717, 1.165) is 31.8 Å². The molecule has 1 aromatic rings. The van der Waals surface area contributed by atoms with Gasteiger partial charge in [-0.05, 0) is 37.7 Å².